The maximum absolute atomic E-state index is 13.6. The average molecular weight is 461 g/mol. The van der Waals surface area contributed by atoms with Crippen LogP contribution in [0.4, 0.5) is 0 Å². The van der Waals surface area contributed by atoms with Gasteiger partial charge in [0.1, 0.15) is 11.8 Å². The minimum absolute atomic E-state index is 0.0281. The van der Waals surface area contributed by atoms with E-state index in [-0.39, 0.29) is 17.4 Å². The number of methoxy groups -OCH3 is 1. The Balaban J connectivity index is 1.84. The maximum Gasteiger partial charge on any atom is 0.243 e. The van der Waals surface area contributed by atoms with Crippen molar-refractivity contribution >= 4 is 22.6 Å². The number of amides is 2. The highest BCUT2D eigenvalue weighted by molar-refractivity contribution is 5.89. The van der Waals surface area contributed by atoms with Gasteiger partial charge in [-0.25, -0.2) is 0 Å². The van der Waals surface area contributed by atoms with E-state index < -0.39 is 6.04 Å². The number of carbonyl (C=O) groups is 2. The van der Waals surface area contributed by atoms with Crippen LogP contribution < -0.4 is 10.1 Å². The summed E-state index contributed by atoms with van der Waals surface area (Å²) in [5.74, 6) is 0.608. The van der Waals surface area contributed by atoms with E-state index in [0.29, 0.717) is 25.8 Å². The fourth-order valence-corrected chi connectivity index (χ4v) is 4.20. The summed E-state index contributed by atoms with van der Waals surface area (Å²) in [5, 5.41) is 5.38. The van der Waals surface area contributed by atoms with Crippen LogP contribution in [-0.4, -0.2) is 35.4 Å². The predicted molar refractivity (Wildman–Crippen MR) is 138 cm³/mol. The van der Waals surface area contributed by atoms with Crippen LogP contribution in [0.5, 0.6) is 5.75 Å². The smallest absolute Gasteiger partial charge is 0.243 e. The lowest BCUT2D eigenvalue weighted by Crippen LogP contribution is -2.53. The molecule has 3 aromatic carbocycles. The quantitative estimate of drug-likeness (QED) is 0.458. The first-order valence-electron chi connectivity index (χ1n) is 11.9. The number of carbonyl (C=O) groups excluding carboxylic acids is 2. The molecule has 0 fully saturated rings. The molecule has 0 bridgehead atoms. The van der Waals surface area contributed by atoms with E-state index in [0.717, 1.165) is 22.3 Å². The highest BCUT2D eigenvalue weighted by Crippen LogP contribution is 2.22. The van der Waals surface area contributed by atoms with Crippen molar-refractivity contribution in [3.8, 4) is 5.75 Å². The SMILES string of the molecule is CC[C@@H](C(=O)NC(C)(C)C)N(Cc1ccc(OC)cc1)C(=O)CCc1cccc2ccccc12. The second-order valence-electron chi connectivity index (χ2n) is 9.67. The molecule has 1 N–H and O–H groups in total. The summed E-state index contributed by atoms with van der Waals surface area (Å²) in [4.78, 5) is 28.5. The van der Waals surface area contributed by atoms with Crippen LogP contribution in [0.25, 0.3) is 10.8 Å². The van der Waals surface area contributed by atoms with Crippen molar-refractivity contribution in [1.29, 1.82) is 0 Å². The zero-order valence-electron chi connectivity index (χ0n) is 20.9. The molecule has 0 aliphatic heterocycles. The van der Waals surface area contributed by atoms with Crippen molar-refractivity contribution in [2.24, 2.45) is 0 Å². The van der Waals surface area contributed by atoms with Crippen LogP contribution in [0.3, 0.4) is 0 Å². The third-order valence-corrected chi connectivity index (χ3v) is 5.88. The fourth-order valence-electron chi connectivity index (χ4n) is 4.20. The van der Waals surface area contributed by atoms with E-state index in [2.05, 4.69) is 29.6 Å². The van der Waals surface area contributed by atoms with Crippen molar-refractivity contribution in [3.05, 3.63) is 77.9 Å². The van der Waals surface area contributed by atoms with Gasteiger partial charge in [0.15, 0.2) is 0 Å². The Hall–Kier alpha value is -3.34. The van der Waals surface area contributed by atoms with Gasteiger partial charge in [-0.1, -0.05) is 61.5 Å². The molecule has 0 heterocycles. The van der Waals surface area contributed by atoms with Crippen molar-refractivity contribution in [2.45, 2.75) is 65.1 Å². The van der Waals surface area contributed by atoms with E-state index in [4.69, 9.17) is 4.74 Å². The van der Waals surface area contributed by atoms with E-state index in [1.165, 1.54) is 5.39 Å². The number of hydrogen-bond acceptors (Lipinski definition) is 3. The predicted octanol–water partition coefficient (Wildman–Crippen LogP) is 5.50. The van der Waals surface area contributed by atoms with Gasteiger partial charge in [-0.05, 0) is 67.6 Å². The first-order valence-corrected chi connectivity index (χ1v) is 11.9. The second kappa shape index (κ2) is 11.2. The Kier molecular flexibility index (Phi) is 8.32. The van der Waals surface area contributed by atoms with Gasteiger partial charge in [0, 0.05) is 18.5 Å². The van der Waals surface area contributed by atoms with Gasteiger partial charge in [-0.15, -0.1) is 0 Å². The highest BCUT2D eigenvalue weighted by Gasteiger charge is 2.30. The number of nitrogens with one attached hydrogen (secondary N) is 1. The molecular weight excluding hydrogens is 424 g/mol. The molecule has 2 amide bonds. The molecule has 3 aromatic rings. The van der Waals surface area contributed by atoms with Crippen LogP contribution in [-0.2, 0) is 22.6 Å². The third-order valence-electron chi connectivity index (χ3n) is 5.88. The lowest BCUT2D eigenvalue weighted by molar-refractivity contribution is -0.142. The van der Waals surface area contributed by atoms with Crippen LogP contribution in [0, 0.1) is 0 Å². The van der Waals surface area contributed by atoms with E-state index in [9.17, 15) is 9.59 Å². The lowest BCUT2D eigenvalue weighted by Gasteiger charge is -2.33. The Morgan fingerprint density at radius 1 is 0.971 bits per heavy atom. The molecule has 3 rings (SSSR count). The first-order chi connectivity index (χ1) is 16.2. The number of rotatable bonds is 9. The molecule has 0 spiro atoms. The number of fused-ring (bicyclic) bond motifs is 1. The summed E-state index contributed by atoms with van der Waals surface area (Å²) in [5.41, 5.74) is 1.73. The monoisotopic (exact) mass is 460 g/mol. The van der Waals surface area contributed by atoms with Crippen LogP contribution in [0.1, 0.15) is 51.7 Å². The van der Waals surface area contributed by atoms with Crippen molar-refractivity contribution in [1.82, 2.24) is 10.2 Å². The zero-order chi connectivity index (χ0) is 24.7. The highest BCUT2D eigenvalue weighted by atomic mass is 16.5. The molecule has 0 unspecified atom stereocenters. The zero-order valence-corrected chi connectivity index (χ0v) is 20.9. The number of benzene rings is 3. The number of ether oxygens (including phenoxy) is 1. The number of aryl methyl sites for hydroxylation is 1. The van der Waals surface area contributed by atoms with E-state index in [1.54, 1.807) is 12.0 Å². The van der Waals surface area contributed by atoms with Gasteiger partial charge in [0.2, 0.25) is 11.8 Å². The van der Waals surface area contributed by atoms with Gasteiger partial charge >= 0.3 is 0 Å². The minimum Gasteiger partial charge on any atom is -0.497 e. The molecule has 0 radical (unpaired) electrons. The largest absolute Gasteiger partial charge is 0.497 e. The van der Waals surface area contributed by atoms with Crippen LogP contribution in [0.2, 0.25) is 0 Å². The topological polar surface area (TPSA) is 58.6 Å². The summed E-state index contributed by atoms with van der Waals surface area (Å²) in [6.45, 7) is 8.18. The number of hydrogen-bond donors (Lipinski definition) is 1. The van der Waals surface area contributed by atoms with Gasteiger partial charge in [-0.2, -0.15) is 0 Å². The summed E-state index contributed by atoms with van der Waals surface area (Å²) in [6, 6.07) is 21.5. The van der Waals surface area contributed by atoms with Gasteiger partial charge in [0.25, 0.3) is 0 Å². The van der Waals surface area contributed by atoms with Crippen molar-refractivity contribution in [2.75, 3.05) is 7.11 Å². The molecule has 0 aliphatic rings. The van der Waals surface area contributed by atoms with Gasteiger partial charge in [-0.3, -0.25) is 9.59 Å². The van der Waals surface area contributed by atoms with Crippen molar-refractivity contribution in [3.63, 3.8) is 0 Å². The average Bonchev–Trinajstić information content (AvgIpc) is 2.81. The molecule has 0 aromatic heterocycles. The van der Waals surface area contributed by atoms with Gasteiger partial charge in [0.05, 0.1) is 7.11 Å². The molecule has 180 valence electrons. The standard InChI is InChI=1S/C29H36N2O3/c1-6-26(28(33)30-29(2,3)4)31(20-21-14-17-24(34-5)18-15-21)27(32)19-16-23-12-9-11-22-10-7-8-13-25(22)23/h7-15,17-18,26H,6,16,19-20H2,1-5H3,(H,30,33)/t26-/m0/s1. The molecule has 0 saturated carbocycles. The second-order valence-corrected chi connectivity index (χ2v) is 9.67. The maximum atomic E-state index is 13.6. The van der Waals surface area contributed by atoms with E-state index in [1.807, 2.05) is 70.2 Å². The molecule has 5 heteroatoms. The summed E-state index contributed by atoms with van der Waals surface area (Å²) >= 11 is 0. The fraction of sp³-hybridized carbons (Fsp3) is 0.379. The summed E-state index contributed by atoms with van der Waals surface area (Å²) in [7, 11) is 1.63. The third kappa shape index (κ3) is 6.60. The minimum atomic E-state index is -0.540. The van der Waals surface area contributed by atoms with E-state index >= 15 is 0 Å². The van der Waals surface area contributed by atoms with Crippen LogP contribution >= 0.6 is 0 Å². The molecule has 5 nitrogen and oxygen atoms in total. The Morgan fingerprint density at radius 3 is 2.29 bits per heavy atom. The molecule has 34 heavy (non-hydrogen) atoms. The number of nitrogens with zero attached hydrogens (tertiary/aromatic N) is 1. The lowest BCUT2D eigenvalue weighted by atomic mass is 10.00. The molecular formula is C29H36N2O3. The Morgan fingerprint density at radius 2 is 1.65 bits per heavy atom. The Bertz CT molecular complexity index is 1110. The summed E-state index contributed by atoms with van der Waals surface area (Å²) < 4.78 is 5.26. The molecule has 1 atom stereocenters. The molecule has 0 aliphatic carbocycles. The Labute approximate surface area is 203 Å². The first kappa shape index (κ1) is 25.3. The van der Waals surface area contributed by atoms with Crippen LogP contribution in [0.15, 0.2) is 66.7 Å². The normalized spacial score (nSPS) is 12.3. The van der Waals surface area contributed by atoms with Crippen molar-refractivity contribution < 1.29 is 14.3 Å². The van der Waals surface area contributed by atoms with Gasteiger partial charge < -0.3 is 15.0 Å². The summed E-state index contributed by atoms with van der Waals surface area (Å²) in [6.07, 6.45) is 1.50. The molecule has 0 saturated heterocycles.